The van der Waals surface area contributed by atoms with Crippen LogP contribution in [0.5, 0.6) is 5.75 Å². The van der Waals surface area contributed by atoms with Gasteiger partial charge in [0, 0.05) is 22.8 Å². The van der Waals surface area contributed by atoms with Crippen molar-refractivity contribution in [1.82, 2.24) is 10.1 Å². The Morgan fingerprint density at radius 2 is 1.92 bits per heavy atom. The zero-order valence-corrected chi connectivity index (χ0v) is 13.7. The Kier molecular flexibility index (Phi) is 4.61. The van der Waals surface area contributed by atoms with E-state index in [0.717, 1.165) is 0 Å². The van der Waals surface area contributed by atoms with Crippen molar-refractivity contribution in [2.45, 2.75) is 6.92 Å². The van der Waals surface area contributed by atoms with Crippen LogP contribution in [0, 0.1) is 17.0 Å². The van der Waals surface area contributed by atoms with Gasteiger partial charge in [-0.15, -0.1) is 0 Å². The number of ether oxygens (including phenoxy) is 1. The summed E-state index contributed by atoms with van der Waals surface area (Å²) in [6.07, 6.45) is 0. The number of primary amides is 1. The van der Waals surface area contributed by atoms with Crippen molar-refractivity contribution in [3.05, 3.63) is 58.1 Å². The molecule has 3 aromatic rings. The van der Waals surface area contributed by atoms with E-state index < -0.39 is 10.8 Å². The predicted octanol–water partition coefficient (Wildman–Crippen LogP) is 2.48. The van der Waals surface area contributed by atoms with E-state index in [9.17, 15) is 14.9 Å². The van der Waals surface area contributed by atoms with E-state index in [0.29, 0.717) is 28.3 Å². The molecule has 9 heteroatoms. The number of carbonyl (C=O) groups excluding carboxylic acids is 1. The summed E-state index contributed by atoms with van der Waals surface area (Å²) in [5.74, 6) is 0.413. The average molecular weight is 354 g/mol. The number of nitro benzene ring substituents is 1. The van der Waals surface area contributed by atoms with Gasteiger partial charge in [0.2, 0.25) is 5.82 Å². The lowest BCUT2D eigenvalue weighted by atomic mass is 10.1. The molecule has 26 heavy (non-hydrogen) atoms. The Morgan fingerprint density at radius 1 is 1.23 bits per heavy atom. The molecule has 9 nitrogen and oxygen atoms in total. The summed E-state index contributed by atoms with van der Waals surface area (Å²) < 4.78 is 10.4. The second kappa shape index (κ2) is 7.01. The number of nitrogens with two attached hydrogens (primary N) is 1. The minimum absolute atomic E-state index is 0.0156. The molecule has 0 radical (unpaired) electrons. The molecule has 0 fully saturated rings. The van der Waals surface area contributed by atoms with Crippen LogP contribution in [0.1, 0.15) is 5.56 Å². The highest BCUT2D eigenvalue weighted by atomic mass is 16.6. The SMILES string of the molecule is Cc1ccc(-c2nc(-c3ccc(OCC(N)=O)cc3)no2)cc1[N+](=O)[O-]. The third kappa shape index (κ3) is 3.66. The summed E-state index contributed by atoms with van der Waals surface area (Å²) in [6, 6.07) is 11.4. The molecule has 0 atom stereocenters. The molecule has 2 aromatic carbocycles. The van der Waals surface area contributed by atoms with E-state index in [1.54, 1.807) is 43.3 Å². The maximum atomic E-state index is 11.1. The van der Waals surface area contributed by atoms with Gasteiger partial charge in [0.05, 0.1) is 4.92 Å². The summed E-state index contributed by atoms with van der Waals surface area (Å²) >= 11 is 0. The Hall–Kier alpha value is -3.75. The van der Waals surface area contributed by atoms with Crippen molar-refractivity contribution in [3.63, 3.8) is 0 Å². The molecule has 0 aliphatic carbocycles. The molecule has 2 N–H and O–H groups in total. The van der Waals surface area contributed by atoms with Crippen LogP contribution in [0.25, 0.3) is 22.8 Å². The lowest BCUT2D eigenvalue weighted by molar-refractivity contribution is -0.385. The number of nitro groups is 1. The second-order valence-electron chi connectivity index (χ2n) is 5.46. The molecule has 0 bridgehead atoms. The van der Waals surface area contributed by atoms with Gasteiger partial charge in [0.1, 0.15) is 5.75 Å². The van der Waals surface area contributed by atoms with Crippen LogP contribution in [-0.4, -0.2) is 27.6 Å². The van der Waals surface area contributed by atoms with Crippen molar-refractivity contribution in [1.29, 1.82) is 0 Å². The van der Waals surface area contributed by atoms with Gasteiger partial charge in [-0.25, -0.2) is 0 Å². The topological polar surface area (TPSA) is 134 Å². The highest BCUT2D eigenvalue weighted by Gasteiger charge is 2.16. The van der Waals surface area contributed by atoms with E-state index in [-0.39, 0.29) is 18.2 Å². The van der Waals surface area contributed by atoms with E-state index in [1.165, 1.54) is 6.07 Å². The van der Waals surface area contributed by atoms with Crippen molar-refractivity contribution in [3.8, 4) is 28.6 Å². The number of nitrogens with zero attached hydrogens (tertiary/aromatic N) is 3. The van der Waals surface area contributed by atoms with Gasteiger partial charge >= 0.3 is 0 Å². The molecule has 0 spiro atoms. The quantitative estimate of drug-likeness (QED) is 0.530. The van der Waals surface area contributed by atoms with Crippen LogP contribution < -0.4 is 10.5 Å². The lowest BCUT2D eigenvalue weighted by Gasteiger charge is -2.03. The standard InChI is InChI=1S/C17H14N4O5/c1-10-2-3-12(8-14(10)21(23)24)17-19-16(20-26-17)11-4-6-13(7-5-11)25-9-15(18)22/h2-8H,9H2,1H3,(H2,18,22). The van der Waals surface area contributed by atoms with Gasteiger partial charge in [-0.2, -0.15) is 4.98 Å². The highest BCUT2D eigenvalue weighted by Crippen LogP contribution is 2.28. The first-order valence-electron chi connectivity index (χ1n) is 7.54. The van der Waals surface area contributed by atoms with Gasteiger partial charge in [-0.3, -0.25) is 14.9 Å². The monoisotopic (exact) mass is 354 g/mol. The minimum atomic E-state index is -0.566. The van der Waals surface area contributed by atoms with E-state index in [1.807, 2.05) is 0 Å². The molecule has 1 aromatic heterocycles. The number of benzene rings is 2. The van der Waals surface area contributed by atoms with Crippen molar-refractivity contribution >= 4 is 11.6 Å². The van der Waals surface area contributed by atoms with E-state index in [4.69, 9.17) is 15.0 Å². The molecule has 1 amide bonds. The molecular formula is C17H14N4O5. The Morgan fingerprint density at radius 3 is 2.58 bits per heavy atom. The molecule has 0 aliphatic rings. The van der Waals surface area contributed by atoms with Gasteiger partial charge in [0.15, 0.2) is 6.61 Å². The van der Waals surface area contributed by atoms with Gasteiger partial charge in [-0.05, 0) is 37.3 Å². The number of aromatic nitrogens is 2. The predicted molar refractivity (Wildman–Crippen MR) is 91.3 cm³/mol. The zero-order valence-electron chi connectivity index (χ0n) is 13.7. The fourth-order valence-corrected chi connectivity index (χ4v) is 2.25. The normalized spacial score (nSPS) is 10.5. The first-order valence-corrected chi connectivity index (χ1v) is 7.54. The maximum absolute atomic E-state index is 11.1. The first-order chi connectivity index (χ1) is 12.4. The fraction of sp³-hybridized carbons (Fsp3) is 0.118. The van der Waals surface area contributed by atoms with E-state index >= 15 is 0 Å². The first kappa shape index (κ1) is 17.1. The maximum Gasteiger partial charge on any atom is 0.273 e. The number of aryl methyl sites for hydroxylation is 1. The summed E-state index contributed by atoms with van der Waals surface area (Å²) in [5.41, 5.74) is 6.67. The average Bonchev–Trinajstić information content (AvgIpc) is 3.10. The minimum Gasteiger partial charge on any atom is -0.484 e. The highest BCUT2D eigenvalue weighted by molar-refractivity contribution is 5.75. The summed E-state index contributed by atoms with van der Waals surface area (Å²) in [7, 11) is 0. The van der Waals surface area contributed by atoms with Crippen molar-refractivity contribution < 1.29 is 19.0 Å². The smallest absolute Gasteiger partial charge is 0.273 e. The fourth-order valence-electron chi connectivity index (χ4n) is 2.25. The molecule has 1 heterocycles. The van der Waals surface area contributed by atoms with Gasteiger partial charge < -0.3 is 15.0 Å². The third-order valence-electron chi connectivity index (χ3n) is 3.57. The lowest BCUT2D eigenvalue weighted by Crippen LogP contribution is -2.19. The van der Waals surface area contributed by atoms with Crippen LogP contribution in [0.4, 0.5) is 5.69 Å². The van der Waals surface area contributed by atoms with Crippen LogP contribution in [0.15, 0.2) is 47.0 Å². The number of hydrogen-bond acceptors (Lipinski definition) is 7. The second-order valence-corrected chi connectivity index (χ2v) is 5.46. The van der Waals surface area contributed by atoms with Crippen LogP contribution in [-0.2, 0) is 4.79 Å². The van der Waals surface area contributed by atoms with Crippen LogP contribution >= 0.6 is 0 Å². The molecule has 132 valence electrons. The van der Waals surface area contributed by atoms with Crippen LogP contribution in [0.2, 0.25) is 0 Å². The third-order valence-corrected chi connectivity index (χ3v) is 3.57. The van der Waals surface area contributed by atoms with Gasteiger partial charge in [-0.1, -0.05) is 11.2 Å². The number of amides is 1. The summed E-state index contributed by atoms with van der Waals surface area (Å²) in [4.78, 5) is 25.6. The van der Waals surface area contributed by atoms with Crippen molar-refractivity contribution in [2.75, 3.05) is 6.61 Å². The summed E-state index contributed by atoms with van der Waals surface area (Å²) in [5, 5.41) is 15.0. The number of carbonyl (C=O) groups is 1. The van der Waals surface area contributed by atoms with Crippen molar-refractivity contribution in [2.24, 2.45) is 5.73 Å². The Balaban J connectivity index is 1.83. The largest absolute Gasteiger partial charge is 0.484 e. The van der Waals surface area contributed by atoms with E-state index in [2.05, 4.69) is 10.1 Å². The van der Waals surface area contributed by atoms with Crippen LogP contribution in [0.3, 0.4) is 0 Å². The molecule has 0 unspecified atom stereocenters. The molecule has 3 rings (SSSR count). The molecule has 0 saturated heterocycles. The summed E-state index contributed by atoms with van der Waals surface area (Å²) in [6.45, 7) is 1.45. The van der Waals surface area contributed by atoms with Gasteiger partial charge in [0.25, 0.3) is 17.5 Å². The zero-order chi connectivity index (χ0) is 18.7. The number of hydrogen-bond donors (Lipinski definition) is 1. The molecule has 0 aliphatic heterocycles. The molecular weight excluding hydrogens is 340 g/mol. The molecule has 0 saturated carbocycles. The Labute approximate surface area is 147 Å². The number of rotatable bonds is 6. The Bertz CT molecular complexity index is 966.